The van der Waals surface area contributed by atoms with E-state index in [1.54, 1.807) is 6.26 Å². The van der Waals surface area contributed by atoms with Crippen molar-refractivity contribution in [2.24, 2.45) is 0 Å². The summed E-state index contributed by atoms with van der Waals surface area (Å²) in [6, 6.07) is 11.2. The standard InChI is InChI=1S/C11H14OSi/c1-2-10-13-12-9-8-11-6-4-3-5-7-11/h2-9H,1,10,13H2. The van der Waals surface area contributed by atoms with Crippen molar-refractivity contribution in [2.45, 2.75) is 6.04 Å². The first-order valence-electron chi connectivity index (χ1n) is 4.37. The Morgan fingerprint density at radius 3 is 2.77 bits per heavy atom. The lowest BCUT2D eigenvalue weighted by Crippen LogP contribution is -1.87. The van der Waals surface area contributed by atoms with E-state index >= 15 is 0 Å². The van der Waals surface area contributed by atoms with Crippen molar-refractivity contribution < 1.29 is 4.43 Å². The Hall–Kier alpha value is -1.28. The van der Waals surface area contributed by atoms with E-state index in [9.17, 15) is 0 Å². The molecule has 0 saturated carbocycles. The van der Waals surface area contributed by atoms with E-state index in [-0.39, 0.29) is 0 Å². The van der Waals surface area contributed by atoms with Crippen LogP contribution in [0.5, 0.6) is 0 Å². The highest BCUT2D eigenvalue weighted by molar-refractivity contribution is 6.28. The molecule has 0 N–H and O–H groups in total. The summed E-state index contributed by atoms with van der Waals surface area (Å²) < 4.78 is 5.37. The predicted molar refractivity (Wildman–Crippen MR) is 60.1 cm³/mol. The fraction of sp³-hybridized carbons (Fsp3) is 0.0909. The Morgan fingerprint density at radius 1 is 1.31 bits per heavy atom. The fourth-order valence-electron chi connectivity index (χ4n) is 0.910. The lowest BCUT2D eigenvalue weighted by atomic mass is 10.2. The van der Waals surface area contributed by atoms with Crippen molar-refractivity contribution in [3.8, 4) is 0 Å². The summed E-state index contributed by atoms with van der Waals surface area (Å²) in [7, 11) is -0.409. The van der Waals surface area contributed by atoms with Crippen LogP contribution in [0, 0.1) is 0 Å². The molecule has 0 aliphatic heterocycles. The minimum Gasteiger partial charge on any atom is -0.554 e. The molecule has 0 radical (unpaired) electrons. The van der Waals surface area contributed by atoms with Gasteiger partial charge in [0.05, 0.1) is 6.26 Å². The third kappa shape index (κ3) is 4.33. The van der Waals surface area contributed by atoms with Crippen molar-refractivity contribution in [1.29, 1.82) is 0 Å². The van der Waals surface area contributed by atoms with Crippen LogP contribution in [-0.2, 0) is 4.43 Å². The third-order valence-corrected chi connectivity index (χ3v) is 2.67. The van der Waals surface area contributed by atoms with Crippen LogP contribution in [0.15, 0.2) is 49.2 Å². The zero-order valence-corrected chi connectivity index (χ0v) is 9.06. The zero-order chi connectivity index (χ0) is 9.36. The van der Waals surface area contributed by atoms with E-state index < -0.39 is 9.76 Å². The largest absolute Gasteiger partial charge is 0.554 e. The average molecular weight is 190 g/mol. The smallest absolute Gasteiger partial charge is 0.222 e. The Kier molecular flexibility index (Phi) is 4.72. The van der Waals surface area contributed by atoms with Gasteiger partial charge in [0, 0.05) is 0 Å². The Balaban J connectivity index is 2.28. The molecule has 0 spiro atoms. The normalized spacial score (nSPS) is 11.1. The molecular formula is C11H14OSi. The second-order valence-corrected chi connectivity index (χ2v) is 3.98. The molecule has 0 fully saturated rings. The first-order chi connectivity index (χ1) is 6.43. The van der Waals surface area contributed by atoms with Gasteiger partial charge in [-0.1, -0.05) is 36.4 Å². The third-order valence-electron chi connectivity index (χ3n) is 1.60. The summed E-state index contributed by atoms with van der Waals surface area (Å²) in [5.41, 5.74) is 1.18. The van der Waals surface area contributed by atoms with Crippen LogP contribution in [0.4, 0.5) is 0 Å². The van der Waals surface area contributed by atoms with E-state index in [4.69, 9.17) is 4.43 Å². The van der Waals surface area contributed by atoms with Crippen molar-refractivity contribution in [2.75, 3.05) is 0 Å². The number of rotatable bonds is 5. The Bertz CT molecular complexity index is 267. The van der Waals surface area contributed by atoms with Crippen molar-refractivity contribution in [3.05, 3.63) is 54.8 Å². The first-order valence-corrected chi connectivity index (χ1v) is 5.95. The molecule has 0 heterocycles. The van der Waals surface area contributed by atoms with Gasteiger partial charge in [0.15, 0.2) is 0 Å². The van der Waals surface area contributed by atoms with E-state index in [0.29, 0.717) is 0 Å². The lowest BCUT2D eigenvalue weighted by molar-refractivity contribution is 0.520. The Morgan fingerprint density at radius 2 is 2.08 bits per heavy atom. The van der Waals surface area contributed by atoms with Crippen LogP contribution >= 0.6 is 0 Å². The van der Waals surface area contributed by atoms with Gasteiger partial charge in [0.25, 0.3) is 0 Å². The average Bonchev–Trinajstić information content (AvgIpc) is 2.19. The molecule has 68 valence electrons. The summed E-state index contributed by atoms with van der Waals surface area (Å²) in [5, 5.41) is 0. The summed E-state index contributed by atoms with van der Waals surface area (Å²) in [6.45, 7) is 3.65. The molecule has 0 saturated heterocycles. The lowest BCUT2D eigenvalue weighted by Gasteiger charge is -1.95. The van der Waals surface area contributed by atoms with Gasteiger partial charge in [-0.2, -0.15) is 0 Å². The van der Waals surface area contributed by atoms with Crippen LogP contribution in [0.25, 0.3) is 6.08 Å². The SMILES string of the molecule is C=CC[SiH2]OC=Cc1ccccc1. The summed E-state index contributed by atoms with van der Waals surface area (Å²) in [4.78, 5) is 0. The maximum Gasteiger partial charge on any atom is 0.222 e. The first kappa shape index (κ1) is 9.80. The molecule has 1 aromatic carbocycles. The van der Waals surface area contributed by atoms with Crippen molar-refractivity contribution >= 4 is 15.8 Å². The quantitative estimate of drug-likeness (QED) is 0.300. The van der Waals surface area contributed by atoms with Gasteiger partial charge in [-0.05, 0) is 17.7 Å². The van der Waals surface area contributed by atoms with Gasteiger partial charge in [-0.15, -0.1) is 6.58 Å². The van der Waals surface area contributed by atoms with Crippen LogP contribution in [-0.4, -0.2) is 9.76 Å². The van der Waals surface area contributed by atoms with Gasteiger partial charge in [0.2, 0.25) is 9.76 Å². The van der Waals surface area contributed by atoms with Crippen LogP contribution < -0.4 is 0 Å². The minimum atomic E-state index is -0.409. The molecule has 1 rings (SSSR count). The molecule has 1 aromatic rings. The van der Waals surface area contributed by atoms with E-state index in [1.165, 1.54) is 5.56 Å². The maximum atomic E-state index is 5.37. The molecule has 0 bridgehead atoms. The Labute approximate surface area is 81.7 Å². The second-order valence-electron chi connectivity index (χ2n) is 2.66. The van der Waals surface area contributed by atoms with Gasteiger partial charge >= 0.3 is 0 Å². The number of allylic oxidation sites excluding steroid dienone is 1. The zero-order valence-electron chi connectivity index (χ0n) is 7.65. The number of hydrogen-bond donors (Lipinski definition) is 0. The number of hydrogen-bond acceptors (Lipinski definition) is 1. The molecule has 1 nitrogen and oxygen atoms in total. The van der Waals surface area contributed by atoms with Crippen LogP contribution in [0.1, 0.15) is 5.56 Å². The van der Waals surface area contributed by atoms with E-state index in [0.717, 1.165) is 6.04 Å². The molecule has 0 atom stereocenters. The van der Waals surface area contributed by atoms with Gasteiger partial charge in [-0.3, -0.25) is 0 Å². The van der Waals surface area contributed by atoms with Crippen LogP contribution in [0.3, 0.4) is 0 Å². The molecule has 0 amide bonds. The molecule has 2 heteroatoms. The monoisotopic (exact) mass is 190 g/mol. The predicted octanol–water partition coefficient (Wildman–Crippen LogP) is 2.36. The highest BCUT2D eigenvalue weighted by atomic mass is 28.2. The summed E-state index contributed by atoms with van der Waals surface area (Å²) >= 11 is 0. The van der Waals surface area contributed by atoms with Gasteiger partial charge in [0.1, 0.15) is 0 Å². The fourth-order valence-corrected chi connectivity index (χ4v) is 1.45. The minimum absolute atomic E-state index is 0.409. The van der Waals surface area contributed by atoms with Gasteiger partial charge in [-0.25, -0.2) is 0 Å². The van der Waals surface area contributed by atoms with E-state index in [1.807, 2.05) is 30.4 Å². The summed E-state index contributed by atoms with van der Waals surface area (Å²) in [5.74, 6) is 0. The molecule has 0 unspecified atom stereocenters. The molecular weight excluding hydrogens is 176 g/mol. The molecule has 0 aliphatic rings. The van der Waals surface area contributed by atoms with Crippen LogP contribution in [0.2, 0.25) is 6.04 Å². The molecule has 13 heavy (non-hydrogen) atoms. The number of benzene rings is 1. The topological polar surface area (TPSA) is 9.23 Å². The second kappa shape index (κ2) is 6.26. The van der Waals surface area contributed by atoms with Crippen molar-refractivity contribution in [3.63, 3.8) is 0 Å². The highest BCUT2D eigenvalue weighted by Crippen LogP contribution is 2.00. The highest BCUT2D eigenvalue weighted by Gasteiger charge is 1.82. The summed E-state index contributed by atoms with van der Waals surface area (Å²) in [6.07, 6.45) is 5.67. The molecule has 0 aromatic heterocycles. The maximum absolute atomic E-state index is 5.37. The van der Waals surface area contributed by atoms with Gasteiger partial charge < -0.3 is 4.43 Å². The van der Waals surface area contributed by atoms with E-state index in [2.05, 4.69) is 18.7 Å². The molecule has 0 aliphatic carbocycles. The van der Waals surface area contributed by atoms with Crippen molar-refractivity contribution in [1.82, 2.24) is 0 Å².